The van der Waals surface area contributed by atoms with Gasteiger partial charge in [-0.3, -0.25) is 4.79 Å². The van der Waals surface area contributed by atoms with Crippen LogP contribution < -0.4 is 11.1 Å². The quantitative estimate of drug-likeness (QED) is 0.618. The standard InChI is InChI=1S/C14H17N3O3/c1-19-8-4-7-16-13(18)12-9-20-14(17-12)10-5-2-3-6-11(10)15/h2-3,5-6,9H,4,7-8,15H2,1H3,(H,16,18). The third kappa shape index (κ3) is 3.36. The van der Waals surface area contributed by atoms with Crippen molar-refractivity contribution in [2.75, 3.05) is 26.0 Å². The number of carbonyl (C=O) groups excluding carboxylic acids is 1. The Labute approximate surface area is 116 Å². The van der Waals surface area contributed by atoms with Crippen LogP contribution in [-0.2, 0) is 4.74 Å². The van der Waals surface area contributed by atoms with E-state index in [4.69, 9.17) is 14.9 Å². The zero-order valence-electron chi connectivity index (χ0n) is 11.3. The summed E-state index contributed by atoms with van der Waals surface area (Å²) in [6.45, 7) is 1.13. The van der Waals surface area contributed by atoms with E-state index in [2.05, 4.69) is 10.3 Å². The van der Waals surface area contributed by atoms with E-state index in [0.717, 1.165) is 6.42 Å². The number of para-hydroxylation sites is 1. The molecule has 0 fully saturated rings. The third-order valence-electron chi connectivity index (χ3n) is 2.74. The summed E-state index contributed by atoms with van der Waals surface area (Å²) in [6.07, 6.45) is 2.08. The Hall–Kier alpha value is -2.34. The van der Waals surface area contributed by atoms with Crippen LogP contribution in [0, 0.1) is 0 Å². The molecule has 0 spiro atoms. The first kappa shape index (κ1) is 14.1. The van der Waals surface area contributed by atoms with E-state index in [0.29, 0.717) is 30.3 Å². The predicted octanol–water partition coefficient (Wildman–Crippen LogP) is 1.69. The molecule has 2 aromatic rings. The second-order valence-electron chi connectivity index (χ2n) is 4.23. The number of nitrogen functional groups attached to an aromatic ring is 1. The van der Waals surface area contributed by atoms with Gasteiger partial charge in [-0.1, -0.05) is 12.1 Å². The van der Waals surface area contributed by atoms with Crippen LogP contribution in [0.4, 0.5) is 5.69 Å². The minimum Gasteiger partial charge on any atom is -0.444 e. The van der Waals surface area contributed by atoms with E-state index >= 15 is 0 Å². The lowest BCUT2D eigenvalue weighted by atomic mass is 10.2. The van der Waals surface area contributed by atoms with Crippen molar-refractivity contribution in [2.24, 2.45) is 0 Å². The summed E-state index contributed by atoms with van der Waals surface area (Å²) in [5.74, 6) is 0.0655. The van der Waals surface area contributed by atoms with Crippen LogP contribution in [0.25, 0.3) is 11.5 Å². The molecule has 6 heteroatoms. The zero-order chi connectivity index (χ0) is 14.4. The smallest absolute Gasteiger partial charge is 0.273 e. The summed E-state index contributed by atoms with van der Waals surface area (Å²) in [5.41, 5.74) is 7.30. The maximum absolute atomic E-state index is 11.8. The molecule has 106 valence electrons. The number of amides is 1. The molecule has 1 amide bonds. The topological polar surface area (TPSA) is 90.4 Å². The molecule has 0 atom stereocenters. The van der Waals surface area contributed by atoms with E-state index in [-0.39, 0.29) is 11.6 Å². The molecule has 0 saturated heterocycles. The van der Waals surface area contributed by atoms with Gasteiger partial charge in [0.2, 0.25) is 5.89 Å². The average Bonchev–Trinajstić information content (AvgIpc) is 2.93. The summed E-state index contributed by atoms with van der Waals surface area (Å²) in [5, 5.41) is 2.74. The largest absolute Gasteiger partial charge is 0.444 e. The van der Waals surface area contributed by atoms with Crippen molar-refractivity contribution < 1.29 is 13.9 Å². The molecule has 1 aromatic carbocycles. The fraction of sp³-hybridized carbons (Fsp3) is 0.286. The number of hydrogen-bond acceptors (Lipinski definition) is 5. The van der Waals surface area contributed by atoms with Gasteiger partial charge in [-0.2, -0.15) is 0 Å². The average molecular weight is 275 g/mol. The van der Waals surface area contributed by atoms with E-state index in [9.17, 15) is 4.79 Å². The van der Waals surface area contributed by atoms with Gasteiger partial charge in [0.05, 0.1) is 5.56 Å². The third-order valence-corrected chi connectivity index (χ3v) is 2.74. The van der Waals surface area contributed by atoms with Crippen molar-refractivity contribution in [3.8, 4) is 11.5 Å². The fourth-order valence-corrected chi connectivity index (χ4v) is 1.70. The second-order valence-corrected chi connectivity index (χ2v) is 4.23. The van der Waals surface area contributed by atoms with Crippen LogP contribution in [0.5, 0.6) is 0 Å². The molecule has 1 heterocycles. The highest BCUT2D eigenvalue weighted by Crippen LogP contribution is 2.24. The second kappa shape index (κ2) is 6.72. The molecule has 0 aliphatic rings. The van der Waals surface area contributed by atoms with E-state index < -0.39 is 0 Å². The molecular weight excluding hydrogens is 258 g/mol. The molecule has 0 aliphatic heterocycles. The SMILES string of the molecule is COCCCNC(=O)c1coc(-c2ccccc2N)n1. The lowest BCUT2D eigenvalue weighted by Crippen LogP contribution is -2.25. The first-order valence-corrected chi connectivity index (χ1v) is 6.30. The summed E-state index contributed by atoms with van der Waals surface area (Å²) >= 11 is 0. The van der Waals surface area contributed by atoms with Crippen LogP contribution in [0.2, 0.25) is 0 Å². The van der Waals surface area contributed by atoms with Gasteiger partial charge in [0, 0.05) is 25.9 Å². The number of aromatic nitrogens is 1. The first-order valence-electron chi connectivity index (χ1n) is 6.30. The lowest BCUT2D eigenvalue weighted by Gasteiger charge is -2.01. The van der Waals surface area contributed by atoms with Gasteiger partial charge < -0.3 is 20.2 Å². The highest BCUT2D eigenvalue weighted by molar-refractivity contribution is 5.92. The van der Waals surface area contributed by atoms with Gasteiger partial charge >= 0.3 is 0 Å². The molecular formula is C14H17N3O3. The molecule has 0 saturated carbocycles. The van der Waals surface area contributed by atoms with Gasteiger partial charge in [-0.15, -0.1) is 0 Å². The van der Waals surface area contributed by atoms with Crippen LogP contribution in [-0.4, -0.2) is 31.2 Å². The molecule has 20 heavy (non-hydrogen) atoms. The number of oxazole rings is 1. The minimum atomic E-state index is -0.273. The Morgan fingerprint density at radius 3 is 3.00 bits per heavy atom. The molecule has 6 nitrogen and oxygen atoms in total. The van der Waals surface area contributed by atoms with Crippen molar-refractivity contribution in [2.45, 2.75) is 6.42 Å². The zero-order valence-corrected chi connectivity index (χ0v) is 11.3. The molecule has 0 bridgehead atoms. The summed E-state index contributed by atoms with van der Waals surface area (Å²) in [4.78, 5) is 16.0. The Balaban J connectivity index is 2.02. The Kier molecular flexibility index (Phi) is 4.73. The molecule has 1 aromatic heterocycles. The van der Waals surface area contributed by atoms with Crippen molar-refractivity contribution in [3.05, 3.63) is 36.2 Å². The number of rotatable bonds is 6. The van der Waals surface area contributed by atoms with Gasteiger partial charge in [0.15, 0.2) is 5.69 Å². The number of hydrogen-bond donors (Lipinski definition) is 2. The normalized spacial score (nSPS) is 10.4. The number of nitrogens with one attached hydrogen (secondary N) is 1. The van der Waals surface area contributed by atoms with E-state index in [1.807, 2.05) is 12.1 Å². The molecule has 0 aliphatic carbocycles. The number of ether oxygens (including phenoxy) is 1. The number of nitrogens with zero attached hydrogens (tertiary/aromatic N) is 1. The fourth-order valence-electron chi connectivity index (χ4n) is 1.70. The molecule has 3 N–H and O–H groups in total. The number of carbonyl (C=O) groups is 1. The highest BCUT2D eigenvalue weighted by atomic mass is 16.5. The van der Waals surface area contributed by atoms with Crippen LogP contribution in [0.3, 0.4) is 0 Å². The number of benzene rings is 1. The number of nitrogens with two attached hydrogens (primary N) is 1. The maximum Gasteiger partial charge on any atom is 0.273 e. The molecule has 0 radical (unpaired) electrons. The molecule has 2 rings (SSSR count). The van der Waals surface area contributed by atoms with Crippen molar-refractivity contribution in [1.82, 2.24) is 10.3 Å². The van der Waals surface area contributed by atoms with Gasteiger partial charge in [0.1, 0.15) is 6.26 Å². The summed E-state index contributed by atoms with van der Waals surface area (Å²) < 4.78 is 10.2. The Bertz CT molecular complexity index is 581. The van der Waals surface area contributed by atoms with Crippen LogP contribution in [0.15, 0.2) is 34.9 Å². The van der Waals surface area contributed by atoms with Crippen molar-refractivity contribution in [3.63, 3.8) is 0 Å². The minimum absolute atomic E-state index is 0.237. The summed E-state index contributed by atoms with van der Waals surface area (Å²) in [7, 11) is 1.62. The number of anilines is 1. The van der Waals surface area contributed by atoms with E-state index in [1.54, 1.807) is 19.2 Å². The highest BCUT2D eigenvalue weighted by Gasteiger charge is 2.14. The van der Waals surface area contributed by atoms with Crippen molar-refractivity contribution >= 4 is 11.6 Å². The first-order chi connectivity index (χ1) is 9.72. The molecule has 0 unspecified atom stereocenters. The van der Waals surface area contributed by atoms with Gasteiger partial charge in [-0.05, 0) is 18.6 Å². The summed E-state index contributed by atoms with van der Waals surface area (Å²) in [6, 6.07) is 7.21. The predicted molar refractivity (Wildman–Crippen MR) is 75.2 cm³/mol. The van der Waals surface area contributed by atoms with Crippen LogP contribution >= 0.6 is 0 Å². The van der Waals surface area contributed by atoms with Gasteiger partial charge in [0.25, 0.3) is 5.91 Å². The van der Waals surface area contributed by atoms with E-state index in [1.165, 1.54) is 6.26 Å². The Morgan fingerprint density at radius 1 is 1.45 bits per heavy atom. The Morgan fingerprint density at radius 2 is 2.25 bits per heavy atom. The lowest BCUT2D eigenvalue weighted by molar-refractivity contribution is 0.0943. The maximum atomic E-state index is 11.8. The van der Waals surface area contributed by atoms with Gasteiger partial charge in [-0.25, -0.2) is 4.98 Å². The monoisotopic (exact) mass is 275 g/mol. The van der Waals surface area contributed by atoms with Crippen molar-refractivity contribution in [1.29, 1.82) is 0 Å². The number of methoxy groups -OCH3 is 1. The van der Waals surface area contributed by atoms with Crippen LogP contribution in [0.1, 0.15) is 16.9 Å².